The van der Waals surface area contributed by atoms with Gasteiger partial charge < -0.3 is 9.73 Å². The monoisotopic (exact) mass is 264 g/mol. The summed E-state index contributed by atoms with van der Waals surface area (Å²) in [5, 5.41) is 6.64. The summed E-state index contributed by atoms with van der Waals surface area (Å²) in [6.07, 6.45) is 0. The Hall–Kier alpha value is -1.13. The summed E-state index contributed by atoms with van der Waals surface area (Å²) in [7, 11) is 0. The number of thiazole rings is 1. The van der Waals surface area contributed by atoms with E-state index < -0.39 is 0 Å². The predicted molar refractivity (Wildman–Crippen MR) is 75.8 cm³/mol. The first-order valence-electron chi connectivity index (χ1n) is 6.28. The summed E-state index contributed by atoms with van der Waals surface area (Å²) >= 11 is 1.70. The van der Waals surface area contributed by atoms with E-state index >= 15 is 0 Å². The van der Waals surface area contributed by atoms with Gasteiger partial charge in [-0.05, 0) is 32.4 Å². The molecule has 2 aromatic rings. The van der Waals surface area contributed by atoms with Crippen molar-refractivity contribution < 1.29 is 4.42 Å². The lowest BCUT2D eigenvalue weighted by Gasteiger charge is -2.04. The van der Waals surface area contributed by atoms with Crippen molar-refractivity contribution in [2.24, 2.45) is 5.92 Å². The smallest absolute Gasteiger partial charge is 0.110 e. The van der Waals surface area contributed by atoms with Crippen LogP contribution in [0.3, 0.4) is 0 Å². The topological polar surface area (TPSA) is 38.1 Å². The summed E-state index contributed by atoms with van der Waals surface area (Å²) in [6.45, 7) is 10.2. The van der Waals surface area contributed by atoms with Crippen LogP contribution in [0.5, 0.6) is 0 Å². The van der Waals surface area contributed by atoms with Crippen LogP contribution in [0.2, 0.25) is 0 Å². The summed E-state index contributed by atoms with van der Waals surface area (Å²) in [5.74, 6) is 2.55. The van der Waals surface area contributed by atoms with Crippen LogP contribution in [0.15, 0.2) is 15.9 Å². The minimum absolute atomic E-state index is 0.670. The molecule has 0 saturated carbocycles. The molecular weight excluding hydrogens is 244 g/mol. The van der Waals surface area contributed by atoms with Crippen LogP contribution in [0, 0.1) is 19.8 Å². The van der Waals surface area contributed by atoms with Gasteiger partial charge in [0.1, 0.15) is 16.5 Å². The zero-order valence-corrected chi connectivity index (χ0v) is 12.2. The van der Waals surface area contributed by atoms with E-state index in [1.54, 1.807) is 11.3 Å². The average molecular weight is 264 g/mol. The number of hydrogen-bond acceptors (Lipinski definition) is 4. The molecule has 3 nitrogen and oxygen atoms in total. The highest BCUT2D eigenvalue weighted by atomic mass is 32.1. The van der Waals surface area contributed by atoms with Gasteiger partial charge in [0.15, 0.2) is 0 Å². The lowest BCUT2D eigenvalue weighted by Crippen LogP contribution is -2.18. The molecule has 2 heterocycles. The Balaban J connectivity index is 2.04. The van der Waals surface area contributed by atoms with Crippen molar-refractivity contribution in [1.29, 1.82) is 0 Å². The van der Waals surface area contributed by atoms with Crippen LogP contribution in [0.25, 0.3) is 11.3 Å². The highest BCUT2D eigenvalue weighted by Crippen LogP contribution is 2.27. The van der Waals surface area contributed by atoms with Gasteiger partial charge in [0, 0.05) is 17.5 Å². The molecule has 0 aliphatic carbocycles. The van der Waals surface area contributed by atoms with Gasteiger partial charge >= 0.3 is 0 Å². The summed E-state index contributed by atoms with van der Waals surface area (Å²) < 4.78 is 5.54. The Morgan fingerprint density at radius 2 is 2.17 bits per heavy atom. The van der Waals surface area contributed by atoms with E-state index in [1.807, 2.05) is 13.8 Å². The van der Waals surface area contributed by atoms with Gasteiger partial charge in [0.05, 0.1) is 5.69 Å². The minimum Gasteiger partial charge on any atom is -0.466 e. The second kappa shape index (κ2) is 5.67. The molecule has 4 heteroatoms. The van der Waals surface area contributed by atoms with Crippen LogP contribution >= 0.6 is 11.3 Å². The van der Waals surface area contributed by atoms with Crippen molar-refractivity contribution in [3.63, 3.8) is 0 Å². The molecule has 0 amide bonds. The standard InChI is InChI=1S/C14H20N2OS/c1-9(2)6-15-7-14-16-13(8-18-14)12-5-10(3)17-11(12)4/h5,8-9,15H,6-7H2,1-4H3. The van der Waals surface area contributed by atoms with Crippen molar-refractivity contribution in [1.82, 2.24) is 10.3 Å². The molecule has 0 fully saturated rings. The van der Waals surface area contributed by atoms with E-state index in [0.29, 0.717) is 5.92 Å². The highest BCUT2D eigenvalue weighted by Gasteiger charge is 2.10. The van der Waals surface area contributed by atoms with Crippen molar-refractivity contribution in [2.45, 2.75) is 34.2 Å². The zero-order valence-electron chi connectivity index (χ0n) is 11.4. The normalized spacial score (nSPS) is 11.4. The minimum atomic E-state index is 0.670. The van der Waals surface area contributed by atoms with Gasteiger partial charge in [-0.25, -0.2) is 4.98 Å². The molecule has 1 N–H and O–H groups in total. The molecule has 0 bridgehead atoms. The van der Waals surface area contributed by atoms with E-state index in [-0.39, 0.29) is 0 Å². The Morgan fingerprint density at radius 3 is 2.78 bits per heavy atom. The number of nitrogens with zero attached hydrogens (tertiary/aromatic N) is 1. The maximum absolute atomic E-state index is 5.54. The fourth-order valence-electron chi connectivity index (χ4n) is 1.87. The molecule has 2 rings (SSSR count). The second-order valence-electron chi connectivity index (χ2n) is 4.98. The second-order valence-corrected chi connectivity index (χ2v) is 5.92. The van der Waals surface area contributed by atoms with Crippen molar-refractivity contribution in [3.05, 3.63) is 28.0 Å². The van der Waals surface area contributed by atoms with E-state index in [1.165, 1.54) is 0 Å². The lowest BCUT2D eigenvalue weighted by molar-refractivity contribution is 0.505. The first kappa shape index (κ1) is 13.3. The van der Waals surface area contributed by atoms with Gasteiger partial charge in [0.2, 0.25) is 0 Å². The summed E-state index contributed by atoms with van der Waals surface area (Å²) in [5.41, 5.74) is 2.13. The van der Waals surface area contributed by atoms with Gasteiger partial charge in [-0.3, -0.25) is 0 Å². The van der Waals surface area contributed by atoms with Gasteiger partial charge in [-0.15, -0.1) is 11.3 Å². The molecular formula is C14H20N2OS. The quantitative estimate of drug-likeness (QED) is 0.893. The highest BCUT2D eigenvalue weighted by molar-refractivity contribution is 7.09. The maximum atomic E-state index is 5.54. The lowest BCUT2D eigenvalue weighted by atomic mass is 10.2. The fraction of sp³-hybridized carbons (Fsp3) is 0.500. The Morgan fingerprint density at radius 1 is 1.39 bits per heavy atom. The van der Waals surface area contributed by atoms with Gasteiger partial charge in [0.25, 0.3) is 0 Å². The van der Waals surface area contributed by atoms with E-state index in [0.717, 1.165) is 40.9 Å². The maximum Gasteiger partial charge on any atom is 0.110 e. The molecule has 0 atom stereocenters. The van der Waals surface area contributed by atoms with Gasteiger partial charge in [-0.1, -0.05) is 13.8 Å². The van der Waals surface area contributed by atoms with Gasteiger partial charge in [-0.2, -0.15) is 0 Å². The van der Waals surface area contributed by atoms with E-state index in [2.05, 4.69) is 35.6 Å². The van der Waals surface area contributed by atoms with Crippen LogP contribution in [0.4, 0.5) is 0 Å². The molecule has 0 aromatic carbocycles. The van der Waals surface area contributed by atoms with E-state index in [9.17, 15) is 0 Å². The third-order valence-electron chi connectivity index (χ3n) is 2.70. The third kappa shape index (κ3) is 3.21. The van der Waals surface area contributed by atoms with Crippen LogP contribution in [-0.2, 0) is 6.54 Å². The number of rotatable bonds is 5. The molecule has 2 aromatic heterocycles. The summed E-state index contributed by atoms with van der Waals surface area (Å²) in [6, 6.07) is 2.05. The molecule has 0 spiro atoms. The zero-order chi connectivity index (χ0) is 13.1. The Bertz CT molecular complexity index is 514. The largest absolute Gasteiger partial charge is 0.466 e. The van der Waals surface area contributed by atoms with Crippen LogP contribution in [-0.4, -0.2) is 11.5 Å². The first-order valence-corrected chi connectivity index (χ1v) is 7.16. The number of nitrogens with one attached hydrogen (secondary N) is 1. The Labute approximate surface area is 112 Å². The average Bonchev–Trinajstić information content (AvgIpc) is 2.85. The fourth-order valence-corrected chi connectivity index (χ4v) is 2.63. The predicted octanol–water partition coefficient (Wildman–Crippen LogP) is 3.77. The number of aromatic nitrogens is 1. The molecule has 0 saturated heterocycles. The SMILES string of the molecule is Cc1cc(-c2csc(CNCC(C)C)n2)c(C)o1. The third-order valence-corrected chi connectivity index (χ3v) is 3.55. The molecule has 0 aliphatic rings. The van der Waals surface area contributed by atoms with Crippen molar-refractivity contribution in [3.8, 4) is 11.3 Å². The Kier molecular flexibility index (Phi) is 4.19. The molecule has 0 aliphatic heterocycles. The summed E-state index contributed by atoms with van der Waals surface area (Å²) in [4.78, 5) is 4.65. The number of hydrogen-bond donors (Lipinski definition) is 1. The van der Waals surface area contributed by atoms with Crippen LogP contribution in [0.1, 0.15) is 30.4 Å². The number of furan rings is 1. The molecule has 0 unspecified atom stereocenters. The van der Waals surface area contributed by atoms with Crippen molar-refractivity contribution >= 4 is 11.3 Å². The molecule has 98 valence electrons. The first-order chi connectivity index (χ1) is 8.56. The van der Waals surface area contributed by atoms with E-state index in [4.69, 9.17) is 4.42 Å². The van der Waals surface area contributed by atoms with Crippen molar-refractivity contribution in [2.75, 3.05) is 6.54 Å². The molecule has 18 heavy (non-hydrogen) atoms. The molecule has 0 radical (unpaired) electrons. The number of aryl methyl sites for hydroxylation is 2. The van der Waals surface area contributed by atoms with Crippen LogP contribution < -0.4 is 5.32 Å².